The van der Waals surface area contributed by atoms with Crippen LogP contribution in [-0.2, 0) is 9.31 Å². The molecule has 1 saturated heterocycles. The van der Waals surface area contributed by atoms with Crippen LogP contribution in [0.1, 0.15) is 39.8 Å². The topological polar surface area (TPSA) is 31.4 Å². The molecule has 0 bridgehead atoms. The van der Waals surface area contributed by atoms with Crippen LogP contribution in [0.5, 0.6) is 0 Å². The van der Waals surface area contributed by atoms with Crippen molar-refractivity contribution in [1.82, 2.24) is 4.98 Å². The van der Waals surface area contributed by atoms with Gasteiger partial charge in [0.15, 0.2) is 0 Å². The zero-order chi connectivity index (χ0) is 14.4. The molecule has 0 radical (unpaired) electrons. The first-order valence-electron chi connectivity index (χ1n) is 5.93. The molecule has 0 unspecified atom stereocenters. The monoisotopic (exact) mass is 273 g/mol. The van der Waals surface area contributed by atoms with Crippen LogP contribution in [0.25, 0.3) is 0 Å². The Balaban J connectivity index is 2.28. The molecule has 7 heteroatoms. The second kappa shape index (κ2) is 4.49. The van der Waals surface area contributed by atoms with E-state index in [1.165, 1.54) is 0 Å². The van der Waals surface area contributed by atoms with E-state index in [9.17, 15) is 13.2 Å². The first kappa shape index (κ1) is 14.3. The summed E-state index contributed by atoms with van der Waals surface area (Å²) in [4.78, 5) is 3.43. The molecule has 0 aromatic carbocycles. The van der Waals surface area contributed by atoms with Gasteiger partial charge in [0.1, 0.15) is 11.5 Å². The van der Waals surface area contributed by atoms with Gasteiger partial charge < -0.3 is 9.31 Å². The molecule has 1 aromatic rings. The van der Waals surface area contributed by atoms with Crippen molar-refractivity contribution in [2.45, 2.75) is 45.3 Å². The Morgan fingerprint density at radius 3 is 2.11 bits per heavy atom. The number of pyridine rings is 1. The minimum absolute atomic E-state index is 0.292. The lowest BCUT2D eigenvalue weighted by Gasteiger charge is -2.32. The molecule has 1 aromatic heterocycles. The third-order valence-electron chi connectivity index (χ3n) is 3.62. The maximum absolute atomic E-state index is 13.5. The third kappa shape index (κ3) is 2.49. The highest BCUT2D eigenvalue weighted by Crippen LogP contribution is 2.36. The molecule has 0 aliphatic carbocycles. The molecular weight excluding hydrogens is 258 g/mol. The van der Waals surface area contributed by atoms with Crippen LogP contribution in [0, 0.1) is 5.82 Å². The molecule has 2 rings (SSSR count). The zero-order valence-corrected chi connectivity index (χ0v) is 11.2. The summed E-state index contributed by atoms with van der Waals surface area (Å²) in [6.45, 7) is 7.41. The molecule has 1 aliphatic rings. The second-order valence-corrected chi connectivity index (χ2v) is 5.52. The summed E-state index contributed by atoms with van der Waals surface area (Å²) in [5, 5.41) is 0. The minimum atomic E-state index is -2.94. The Hall–Kier alpha value is -1.08. The van der Waals surface area contributed by atoms with Gasteiger partial charge in [0.2, 0.25) is 0 Å². The van der Waals surface area contributed by atoms with Crippen molar-refractivity contribution < 1.29 is 22.5 Å². The molecule has 0 N–H and O–H groups in total. The standard InChI is InChI=1S/C12H15BF3NO2/c1-11(2)12(3,4)19-13(18-11)7-5-8(14)9(10(15)16)17-6-7/h5-6,10H,1-4H3. The second-order valence-electron chi connectivity index (χ2n) is 5.52. The van der Waals surface area contributed by atoms with E-state index < -0.39 is 36.3 Å². The van der Waals surface area contributed by atoms with Gasteiger partial charge in [-0.3, -0.25) is 4.98 Å². The van der Waals surface area contributed by atoms with Gasteiger partial charge in [-0.05, 0) is 33.8 Å². The number of alkyl halides is 2. The van der Waals surface area contributed by atoms with Gasteiger partial charge in [0.05, 0.1) is 11.2 Å². The van der Waals surface area contributed by atoms with Crippen molar-refractivity contribution in [2.75, 3.05) is 0 Å². The van der Waals surface area contributed by atoms with Crippen molar-refractivity contribution in [3.05, 3.63) is 23.8 Å². The number of halogens is 3. The zero-order valence-electron chi connectivity index (χ0n) is 11.2. The predicted molar refractivity (Wildman–Crippen MR) is 64.9 cm³/mol. The summed E-state index contributed by atoms with van der Waals surface area (Å²) in [6.07, 6.45) is -1.78. The lowest BCUT2D eigenvalue weighted by Crippen LogP contribution is -2.41. The summed E-state index contributed by atoms with van der Waals surface area (Å²) in [7, 11) is -0.807. The van der Waals surface area contributed by atoms with Gasteiger partial charge in [0.25, 0.3) is 6.43 Å². The number of hydrogen-bond donors (Lipinski definition) is 0. The highest BCUT2D eigenvalue weighted by atomic mass is 19.3. The van der Waals surface area contributed by atoms with E-state index in [1.807, 2.05) is 27.7 Å². The van der Waals surface area contributed by atoms with Gasteiger partial charge in [-0.15, -0.1) is 0 Å². The highest BCUT2D eigenvalue weighted by Gasteiger charge is 2.52. The first-order chi connectivity index (χ1) is 8.64. The molecule has 2 heterocycles. The molecule has 3 nitrogen and oxygen atoms in total. The third-order valence-corrected chi connectivity index (χ3v) is 3.62. The summed E-state index contributed by atoms with van der Waals surface area (Å²) in [5.74, 6) is -1.05. The summed E-state index contributed by atoms with van der Waals surface area (Å²) < 4.78 is 49.7. The maximum atomic E-state index is 13.5. The molecule has 104 valence electrons. The average Bonchev–Trinajstić information content (AvgIpc) is 2.47. The molecule has 1 fully saturated rings. The van der Waals surface area contributed by atoms with Crippen molar-refractivity contribution >= 4 is 12.6 Å². The van der Waals surface area contributed by atoms with Crippen molar-refractivity contribution in [3.8, 4) is 0 Å². The SMILES string of the molecule is CC1(C)OB(c2cnc(C(F)F)c(F)c2)OC1(C)C. The van der Waals surface area contributed by atoms with Crippen LogP contribution < -0.4 is 5.46 Å². The molecule has 0 amide bonds. The van der Waals surface area contributed by atoms with Gasteiger partial charge in [0, 0.05) is 11.7 Å². The quantitative estimate of drug-likeness (QED) is 0.775. The number of aromatic nitrogens is 1. The number of rotatable bonds is 2. The van der Waals surface area contributed by atoms with Gasteiger partial charge in [-0.2, -0.15) is 0 Å². The summed E-state index contributed by atoms with van der Waals surface area (Å²) in [6, 6.07) is 0.983. The predicted octanol–water partition coefficient (Wildman–Crippen LogP) is 2.46. The van der Waals surface area contributed by atoms with E-state index in [4.69, 9.17) is 9.31 Å². The fraction of sp³-hybridized carbons (Fsp3) is 0.583. The van der Waals surface area contributed by atoms with Crippen LogP contribution >= 0.6 is 0 Å². The van der Waals surface area contributed by atoms with Crippen LogP contribution in [-0.4, -0.2) is 23.3 Å². The average molecular weight is 273 g/mol. The molecular formula is C12H15BF3NO2. The summed E-state index contributed by atoms with van der Waals surface area (Å²) in [5.41, 5.74) is -1.72. The van der Waals surface area contributed by atoms with Crippen LogP contribution in [0.2, 0.25) is 0 Å². The van der Waals surface area contributed by atoms with Crippen LogP contribution in [0.3, 0.4) is 0 Å². The maximum Gasteiger partial charge on any atom is 0.496 e. The van der Waals surface area contributed by atoms with Crippen molar-refractivity contribution in [1.29, 1.82) is 0 Å². The van der Waals surface area contributed by atoms with E-state index in [-0.39, 0.29) is 0 Å². The Kier molecular flexibility index (Phi) is 3.39. The lowest BCUT2D eigenvalue weighted by molar-refractivity contribution is 0.00578. The fourth-order valence-electron chi connectivity index (χ4n) is 1.73. The molecule has 0 atom stereocenters. The molecule has 1 aliphatic heterocycles. The Bertz CT molecular complexity index is 478. The Morgan fingerprint density at radius 2 is 1.68 bits per heavy atom. The molecule has 0 saturated carbocycles. The Labute approximate surface area is 110 Å². The largest absolute Gasteiger partial charge is 0.496 e. The molecule has 19 heavy (non-hydrogen) atoms. The summed E-state index contributed by atoms with van der Waals surface area (Å²) >= 11 is 0. The minimum Gasteiger partial charge on any atom is -0.399 e. The Morgan fingerprint density at radius 1 is 1.16 bits per heavy atom. The normalized spacial score (nSPS) is 21.2. The van der Waals surface area contributed by atoms with Gasteiger partial charge >= 0.3 is 7.12 Å². The van der Waals surface area contributed by atoms with Crippen LogP contribution in [0.4, 0.5) is 13.2 Å². The highest BCUT2D eigenvalue weighted by molar-refractivity contribution is 6.62. The number of nitrogens with zero attached hydrogens (tertiary/aromatic N) is 1. The van der Waals surface area contributed by atoms with E-state index in [1.54, 1.807) is 0 Å². The number of hydrogen-bond acceptors (Lipinski definition) is 3. The molecule has 0 spiro atoms. The van der Waals surface area contributed by atoms with E-state index in [0.717, 1.165) is 12.3 Å². The smallest absolute Gasteiger partial charge is 0.399 e. The van der Waals surface area contributed by atoms with Crippen molar-refractivity contribution in [2.24, 2.45) is 0 Å². The van der Waals surface area contributed by atoms with Crippen LogP contribution in [0.15, 0.2) is 12.3 Å². The fourth-order valence-corrected chi connectivity index (χ4v) is 1.73. The first-order valence-corrected chi connectivity index (χ1v) is 5.93. The van der Waals surface area contributed by atoms with Gasteiger partial charge in [-0.25, -0.2) is 13.2 Å². The van der Waals surface area contributed by atoms with Crippen molar-refractivity contribution in [3.63, 3.8) is 0 Å². The van der Waals surface area contributed by atoms with E-state index in [2.05, 4.69) is 4.98 Å². The lowest BCUT2D eigenvalue weighted by atomic mass is 9.80. The van der Waals surface area contributed by atoms with E-state index in [0.29, 0.717) is 5.46 Å². The van der Waals surface area contributed by atoms with Gasteiger partial charge in [-0.1, -0.05) is 0 Å². The van der Waals surface area contributed by atoms with E-state index >= 15 is 0 Å².